The van der Waals surface area contributed by atoms with Gasteiger partial charge in [0.15, 0.2) is 0 Å². The fraction of sp³-hybridized carbons (Fsp3) is 0.417. The van der Waals surface area contributed by atoms with Crippen LogP contribution in [-0.4, -0.2) is 17.9 Å². The molecule has 0 fully saturated rings. The molecule has 5 heteroatoms. The van der Waals surface area contributed by atoms with Gasteiger partial charge < -0.3 is 11.1 Å². The molecule has 0 aliphatic carbocycles. The van der Waals surface area contributed by atoms with Gasteiger partial charge in [0.1, 0.15) is 0 Å². The van der Waals surface area contributed by atoms with Crippen LogP contribution in [0, 0.1) is 11.8 Å². The van der Waals surface area contributed by atoms with Crippen molar-refractivity contribution in [2.75, 3.05) is 5.32 Å². The number of carbonyl (C=O) groups excluding carboxylic acids is 2. The number of hydrogen-bond acceptors (Lipinski definition) is 3. The van der Waals surface area contributed by atoms with Crippen molar-refractivity contribution in [3.05, 3.63) is 65.2 Å². The van der Waals surface area contributed by atoms with Gasteiger partial charge in [-0.15, -0.1) is 0 Å². The molecule has 2 rings (SSSR count). The molecule has 0 saturated heterocycles. The Bertz CT molecular complexity index is 811. The lowest BCUT2D eigenvalue weighted by Gasteiger charge is -2.27. The lowest BCUT2D eigenvalue weighted by Crippen LogP contribution is -2.41. The summed E-state index contributed by atoms with van der Waals surface area (Å²) in [5.41, 5.74) is 8.80. The molecule has 2 aromatic rings. The first-order chi connectivity index (χ1) is 13.7. The monoisotopic (exact) mass is 395 g/mol. The molecule has 0 radical (unpaired) electrons. The smallest absolute Gasteiger partial charge is 0.248 e. The maximum Gasteiger partial charge on any atom is 0.248 e. The van der Waals surface area contributed by atoms with E-state index < -0.39 is 5.91 Å². The van der Waals surface area contributed by atoms with Crippen molar-refractivity contribution >= 4 is 17.5 Å². The molecule has 0 heterocycles. The maximum atomic E-state index is 12.6. The molecule has 0 bridgehead atoms. The zero-order valence-corrected chi connectivity index (χ0v) is 18.0. The predicted octanol–water partition coefficient (Wildman–Crippen LogP) is 4.30. The second-order valence-corrected chi connectivity index (χ2v) is 8.38. The van der Waals surface area contributed by atoms with E-state index in [9.17, 15) is 9.59 Å². The van der Waals surface area contributed by atoms with Crippen LogP contribution < -0.4 is 16.4 Å². The van der Waals surface area contributed by atoms with E-state index in [2.05, 4.69) is 62.6 Å². The van der Waals surface area contributed by atoms with Crippen LogP contribution in [-0.2, 0) is 11.2 Å². The molecule has 2 amide bonds. The highest BCUT2D eigenvalue weighted by atomic mass is 16.2. The SMILES string of the molecule is CC(C)Cc1ccc([C@@H](N[C@H](C)C(=O)Nc2ccc(C(N)=O)cc2)C(C)C)cc1. The number of hydrogen-bond donors (Lipinski definition) is 3. The summed E-state index contributed by atoms with van der Waals surface area (Å²) in [4.78, 5) is 23.8. The Labute approximate surface area is 174 Å². The molecule has 2 atom stereocenters. The highest BCUT2D eigenvalue weighted by molar-refractivity contribution is 5.96. The van der Waals surface area contributed by atoms with Crippen LogP contribution in [0.1, 0.15) is 62.1 Å². The summed E-state index contributed by atoms with van der Waals surface area (Å²) in [5, 5.41) is 6.34. The lowest BCUT2D eigenvalue weighted by atomic mass is 9.93. The Hall–Kier alpha value is -2.66. The summed E-state index contributed by atoms with van der Waals surface area (Å²) in [6, 6.07) is 14.9. The second-order valence-electron chi connectivity index (χ2n) is 8.38. The minimum atomic E-state index is -0.489. The van der Waals surface area contributed by atoms with E-state index in [4.69, 9.17) is 5.73 Å². The quantitative estimate of drug-likeness (QED) is 0.592. The summed E-state index contributed by atoms with van der Waals surface area (Å²) in [5.74, 6) is 0.340. The standard InChI is InChI=1S/C24H33N3O2/c1-15(2)14-18-6-8-19(9-7-18)22(16(3)4)26-17(5)24(29)27-21-12-10-20(11-13-21)23(25)28/h6-13,15-17,22,26H,14H2,1-5H3,(H2,25,28)(H,27,29)/t17-,22+/m1/s1. The van der Waals surface area contributed by atoms with Crippen LogP contribution >= 0.6 is 0 Å². The highest BCUT2D eigenvalue weighted by Crippen LogP contribution is 2.23. The predicted molar refractivity (Wildman–Crippen MR) is 119 cm³/mol. The molecule has 0 spiro atoms. The van der Waals surface area contributed by atoms with Crippen LogP contribution in [0.4, 0.5) is 5.69 Å². The first kappa shape index (κ1) is 22.6. The first-order valence-corrected chi connectivity index (χ1v) is 10.2. The molecule has 0 saturated carbocycles. The van der Waals surface area contributed by atoms with E-state index in [-0.39, 0.29) is 18.0 Å². The van der Waals surface area contributed by atoms with Gasteiger partial charge in [0, 0.05) is 17.3 Å². The van der Waals surface area contributed by atoms with E-state index >= 15 is 0 Å². The van der Waals surface area contributed by atoms with Crippen molar-refractivity contribution in [1.29, 1.82) is 0 Å². The summed E-state index contributed by atoms with van der Waals surface area (Å²) >= 11 is 0. The third-order valence-corrected chi connectivity index (χ3v) is 4.91. The third kappa shape index (κ3) is 6.71. The molecule has 156 valence electrons. The van der Waals surface area contributed by atoms with Crippen molar-refractivity contribution in [3.63, 3.8) is 0 Å². The molecule has 0 aliphatic rings. The van der Waals surface area contributed by atoms with Gasteiger partial charge in [0.25, 0.3) is 0 Å². The molecular formula is C24H33N3O2. The Morgan fingerprint density at radius 2 is 1.48 bits per heavy atom. The zero-order valence-electron chi connectivity index (χ0n) is 18.0. The molecule has 2 aromatic carbocycles. The fourth-order valence-electron chi connectivity index (χ4n) is 3.32. The molecule has 5 nitrogen and oxygen atoms in total. The Morgan fingerprint density at radius 3 is 1.97 bits per heavy atom. The van der Waals surface area contributed by atoms with E-state index in [0.717, 1.165) is 6.42 Å². The van der Waals surface area contributed by atoms with Crippen molar-refractivity contribution in [2.24, 2.45) is 17.6 Å². The Kier molecular flexibility index (Phi) is 7.97. The highest BCUT2D eigenvalue weighted by Gasteiger charge is 2.22. The third-order valence-electron chi connectivity index (χ3n) is 4.91. The van der Waals surface area contributed by atoms with Crippen molar-refractivity contribution < 1.29 is 9.59 Å². The number of rotatable bonds is 9. The number of nitrogens with one attached hydrogen (secondary N) is 2. The van der Waals surface area contributed by atoms with E-state index in [0.29, 0.717) is 23.1 Å². The van der Waals surface area contributed by atoms with E-state index in [1.807, 2.05) is 6.92 Å². The zero-order chi connectivity index (χ0) is 21.6. The minimum absolute atomic E-state index is 0.0705. The van der Waals surface area contributed by atoms with Crippen LogP contribution in [0.5, 0.6) is 0 Å². The van der Waals surface area contributed by atoms with E-state index in [1.165, 1.54) is 11.1 Å². The average Bonchev–Trinajstić information content (AvgIpc) is 2.66. The summed E-state index contributed by atoms with van der Waals surface area (Å²) in [6.45, 7) is 10.6. The fourth-order valence-corrected chi connectivity index (χ4v) is 3.32. The largest absolute Gasteiger partial charge is 0.366 e. The van der Waals surface area contributed by atoms with Gasteiger partial charge in [0.2, 0.25) is 11.8 Å². The lowest BCUT2D eigenvalue weighted by molar-refractivity contribution is -0.118. The van der Waals surface area contributed by atoms with E-state index in [1.54, 1.807) is 24.3 Å². The molecule has 0 unspecified atom stereocenters. The summed E-state index contributed by atoms with van der Waals surface area (Å²) < 4.78 is 0. The Morgan fingerprint density at radius 1 is 0.897 bits per heavy atom. The number of benzene rings is 2. The molecular weight excluding hydrogens is 362 g/mol. The summed E-state index contributed by atoms with van der Waals surface area (Å²) in [6.07, 6.45) is 1.06. The van der Waals surface area contributed by atoms with Crippen LogP contribution in [0.2, 0.25) is 0 Å². The Balaban J connectivity index is 2.03. The molecule has 29 heavy (non-hydrogen) atoms. The van der Waals surface area contributed by atoms with Gasteiger partial charge in [-0.1, -0.05) is 52.0 Å². The van der Waals surface area contributed by atoms with Crippen molar-refractivity contribution in [2.45, 2.75) is 53.1 Å². The number of anilines is 1. The van der Waals surface area contributed by atoms with Crippen molar-refractivity contribution in [1.82, 2.24) is 5.32 Å². The number of nitrogens with two attached hydrogens (primary N) is 1. The molecule has 4 N–H and O–H groups in total. The average molecular weight is 396 g/mol. The molecule has 0 aromatic heterocycles. The number of amides is 2. The molecule has 0 aliphatic heterocycles. The van der Waals surface area contributed by atoms with Gasteiger partial charge >= 0.3 is 0 Å². The van der Waals surface area contributed by atoms with Crippen LogP contribution in [0.25, 0.3) is 0 Å². The first-order valence-electron chi connectivity index (χ1n) is 10.2. The van der Waals surface area contributed by atoms with Gasteiger partial charge in [0.05, 0.1) is 6.04 Å². The van der Waals surface area contributed by atoms with Crippen molar-refractivity contribution in [3.8, 4) is 0 Å². The topological polar surface area (TPSA) is 84.2 Å². The van der Waals surface area contributed by atoms with Crippen LogP contribution in [0.3, 0.4) is 0 Å². The minimum Gasteiger partial charge on any atom is -0.366 e. The number of primary amides is 1. The number of carbonyl (C=O) groups is 2. The van der Waals surface area contributed by atoms with Gasteiger partial charge in [-0.3, -0.25) is 14.9 Å². The van der Waals surface area contributed by atoms with Crippen LogP contribution in [0.15, 0.2) is 48.5 Å². The van der Waals surface area contributed by atoms with Gasteiger partial charge in [-0.05, 0) is 60.6 Å². The van der Waals surface area contributed by atoms with Gasteiger partial charge in [-0.2, -0.15) is 0 Å². The maximum absolute atomic E-state index is 12.6. The summed E-state index contributed by atoms with van der Waals surface area (Å²) in [7, 11) is 0. The second kappa shape index (κ2) is 10.2. The normalized spacial score (nSPS) is 13.3. The van der Waals surface area contributed by atoms with Gasteiger partial charge in [-0.25, -0.2) is 0 Å².